The van der Waals surface area contributed by atoms with E-state index in [1.165, 1.54) is 0 Å². The Morgan fingerprint density at radius 2 is 1.76 bits per heavy atom. The Kier molecular flexibility index (Phi) is 4.56. The Morgan fingerprint density at radius 1 is 1.08 bits per heavy atom. The number of benzene rings is 2. The van der Waals surface area contributed by atoms with Crippen LogP contribution in [0, 0.1) is 6.92 Å². The molecule has 0 saturated carbocycles. The lowest BCUT2D eigenvalue weighted by atomic mass is 10.1. The van der Waals surface area contributed by atoms with Gasteiger partial charge in [-0.15, -0.1) is 10.2 Å². The summed E-state index contributed by atoms with van der Waals surface area (Å²) in [7, 11) is 0. The van der Waals surface area contributed by atoms with Crippen LogP contribution in [-0.4, -0.2) is 31.7 Å². The highest BCUT2D eigenvalue weighted by Gasteiger charge is 2.22. The van der Waals surface area contributed by atoms with Gasteiger partial charge in [-0.25, -0.2) is 4.79 Å². The summed E-state index contributed by atoms with van der Waals surface area (Å²) < 4.78 is 1.78. The number of nitrogens with one attached hydrogen (secondary N) is 1. The molecule has 1 atom stereocenters. The standard InChI is InChI=1S/C18H16N4O3/c1-12-21-19-11-22(12)15-9-7-14(8-10-15)17(23)20-16(18(24)25)13-5-3-2-4-6-13/h2-11,16H,1H3,(H,20,23)(H,24,25)/t16-/m0/s1. The third kappa shape index (κ3) is 3.55. The molecule has 0 spiro atoms. The molecule has 0 unspecified atom stereocenters. The number of aliphatic carboxylic acids is 1. The van der Waals surface area contributed by atoms with Gasteiger partial charge in [0.25, 0.3) is 5.91 Å². The van der Waals surface area contributed by atoms with E-state index in [0.29, 0.717) is 11.1 Å². The maximum atomic E-state index is 12.4. The van der Waals surface area contributed by atoms with E-state index in [4.69, 9.17) is 0 Å². The van der Waals surface area contributed by atoms with Gasteiger partial charge in [0.05, 0.1) is 0 Å². The third-order valence-corrected chi connectivity index (χ3v) is 3.78. The Bertz CT molecular complexity index is 888. The molecule has 0 bridgehead atoms. The molecule has 126 valence electrons. The molecule has 1 amide bonds. The van der Waals surface area contributed by atoms with Crippen LogP contribution in [0.1, 0.15) is 27.8 Å². The second kappa shape index (κ2) is 6.96. The second-order valence-electron chi connectivity index (χ2n) is 5.45. The van der Waals surface area contributed by atoms with Gasteiger partial charge in [0.15, 0.2) is 6.04 Å². The van der Waals surface area contributed by atoms with E-state index in [1.54, 1.807) is 65.5 Å². The largest absolute Gasteiger partial charge is 0.479 e. The minimum Gasteiger partial charge on any atom is -0.479 e. The van der Waals surface area contributed by atoms with Crippen LogP contribution in [-0.2, 0) is 4.79 Å². The first-order chi connectivity index (χ1) is 12.1. The fourth-order valence-corrected chi connectivity index (χ4v) is 2.47. The van der Waals surface area contributed by atoms with Crippen molar-refractivity contribution in [2.45, 2.75) is 13.0 Å². The van der Waals surface area contributed by atoms with Crippen molar-refractivity contribution >= 4 is 11.9 Å². The number of carbonyl (C=O) groups excluding carboxylic acids is 1. The number of hydrogen-bond donors (Lipinski definition) is 2. The van der Waals surface area contributed by atoms with Crippen molar-refractivity contribution in [1.29, 1.82) is 0 Å². The fraction of sp³-hybridized carbons (Fsp3) is 0.111. The Hall–Kier alpha value is -3.48. The first-order valence-corrected chi connectivity index (χ1v) is 7.62. The molecule has 0 aliphatic heterocycles. The van der Waals surface area contributed by atoms with Crippen LogP contribution in [0.4, 0.5) is 0 Å². The molecule has 3 rings (SSSR count). The predicted molar refractivity (Wildman–Crippen MR) is 90.4 cm³/mol. The summed E-state index contributed by atoms with van der Waals surface area (Å²) in [5.41, 5.74) is 1.70. The normalized spacial score (nSPS) is 11.7. The summed E-state index contributed by atoms with van der Waals surface area (Å²) >= 11 is 0. The van der Waals surface area contributed by atoms with Crippen molar-refractivity contribution in [1.82, 2.24) is 20.1 Å². The van der Waals surface area contributed by atoms with E-state index in [1.807, 2.05) is 6.92 Å². The van der Waals surface area contributed by atoms with E-state index >= 15 is 0 Å². The van der Waals surface area contributed by atoms with Crippen LogP contribution in [0.5, 0.6) is 0 Å². The molecule has 2 aromatic carbocycles. The molecule has 7 nitrogen and oxygen atoms in total. The predicted octanol–water partition coefficient (Wildman–Crippen LogP) is 2.13. The van der Waals surface area contributed by atoms with Crippen molar-refractivity contribution in [2.75, 3.05) is 0 Å². The summed E-state index contributed by atoms with van der Waals surface area (Å²) in [5.74, 6) is -0.841. The molecule has 1 heterocycles. The van der Waals surface area contributed by atoms with E-state index in [2.05, 4.69) is 15.5 Å². The monoisotopic (exact) mass is 336 g/mol. The molecule has 2 N–H and O–H groups in total. The van der Waals surface area contributed by atoms with Crippen LogP contribution in [0.3, 0.4) is 0 Å². The van der Waals surface area contributed by atoms with Crippen molar-refractivity contribution in [2.24, 2.45) is 0 Å². The SMILES string of the molecule is Cc1nncn1-c1ccc(C(=O)N[C@H](C(=O)O)c2ccccc2)cc1. The molecule has 0 aliphatic carbocycles. The number of nitrogens with zero attached hydrogens (tertiary/aromatic N) is 3. The number of carboxylic acids is 1. The van der Waals surface area contributed by atoms with Crippen LogP contribution in [0.2, 0.25) is 0 Å². The summed E-state index contributed by atoms with van der Waals surface area (Å²) in [6.45, 7) is 1.82. The van der Waals surface area contributed by atoms with E-state index < -0.39 is 17.9 Å². The van der Waals surface area contributed by atoms with Crippen molar-refractivity contribution in [3.05, 3.63) is 77.9 Å². The van der Waals surface area contributed by atoms with Crippen molar-refractivity contribution in [3.63, 3.8) is 0 Å². The lowest BCUT2D eigenvalue weighted by molar-refractivity contribution is -0.139. The first kappa shape index (κ1) is 16.4. The number of aryl methyl sites for hydroxylation is 1. The highest BCUT2D eigenvalue weighted by Crippen LogP contribution is 2.15. The number of rotatable bonds is 5. The summed E-state index contributed by atoms with van der Waals surface area (Å²) in [5, 5.41) is 19.7. The van der Waals surface area contributed by atoms with Crippen molar-refractivity contribution < 1.29 is 14.7 Å². The maximum Gasteiger partial charge on any atom is 0.330 e. The Balaban J connectivity index is 1.78. The molecular weight excluding hydrogens is 320 g/mol. The number of hydrogen-bond acceptors (Lipinski definition) is 4. The number of amides is 1. The fourth-order valence-electron chi connectivity index (χ4n) is 2.47. The van der Waals surface area contributed by atoms with Gasteiger partial charge < -0.3 is 10.4 Å². The van der Waals surface area contributed by atoms with E-state index in [9.17, 15) is 14.7 Å². The minimum atomic E-state index is -1.11. The van der Waals surface area contributed by atoms with Crippen LogP contribution in [0.15, 0.2) is 60.9 Å². The Labute approximate surface area is 143 Å². The third-order valence-electron chi connectivity index (χ3n) is 3.78. The van der Waals surface area contributed by atoms with E-state index in [-0.39, 0.29) is 0 Å². The highest BCUT2D eigenvalue weighted by atomic mass is 16.4. The molecular formula is C18H16N4O3. The minimum absolute atomic E-state index is 0.372. The second-order valence-corrected chi connectivity index (χ2v) is 5.45. The molecule has 3 aromatic rings. The molecule has 0 fully saturated rings. The molecule has 7 heteroatoms. The lowest BCUT2D eigenvalue weighted by Crippen LogP contribution is -2.33. The van der Waals surface area contributed by atoms with Gasteiger partial charge in [-0.2, -0.15) is 0 Å². The summed E-state index contributed by atoms with van der Waals surface area (Å²) in [6, 6.07) is 14.2. The van der Waals surface area contributed by atoms with Crippen LogP contribution in [0.25, 0.3) is 5.69 Å². The maximum absolute atomic E-state index is 12.4. The number of carboxylic acid groups (broad SMARTS) is 1. The number of carbonyl (C=O) groups is 2. The zero-order valence-electron chi connectivity index (χ0n) is 13.5. The topological polar surface area (TPSA) is 97.1 Å². The van der Waals surface area contributed by atoms with Gasteiger partial charge in [0.2, 0.25) is 0 Å². The van der Waals surface area contributed by atoms with Gasteiger partial charge in [-0.1, -0.05) is 30.3 Å². The lowest BCUT2D eigenvalue weighted by Gasteiger charge is -2.15. The quantitative estimate of drug-likeness (QED) is 0.744. The van der Waals surface area contributed by atoms with Crippen LogP contribution >= 0.6 is 0 Å². The zero-order valence-corrected chi connectivity index (χ0v) is 13.5. The first-order valence-electron chi connectivity index (χ1n) is 7.62. The smallest absolute Gasteiger partial charge is 0.330 e. The molecule has 25 heavy (non-hydrogen) atoms. The van der Waals surface area contributed by atoms with Crippen LogP contribution < -0.4 is 5.32 Å². The van der Waals surface area contributed by atoms with Gasteiger partial charge in [-0.05, 0) is 36.8 Å². The number of aromatic nitrogens is 3. The molecule has 1 aromatic heterocycles. The van der Waals surface area contributed by atoms with Gasteiger partial charge in [-0.3, -0.25) is 9.36 Å². The molecule has 0 aliphatic rings. The van der Waals surface area contributed by atoms with Gasteiger partial charge in [0, 0.05) is 11.3 Å². The average Bonchev–Trinajstić information content (AvgIpc) is 3.06. The molecule has 0 saturated heterocycles. The van der Waals surface area contributed by atoms with E-state index in [0.717, 1.165) is 11.5 Å². The summed E-state index contributed by atoms with van der Waals surface area (Å²) in [6.07, 6.45) is 1.58. The zero-order chi connectivity index (χ0) is 17.8. The van der Waals surface area contributed by atoms with Crippen molar-refractivity contribution in [3.8, 4) is 5.69 Å². The molecule has 0 radical (unpaired) electrons. The van der Waals surface area contributed by atoms with Gasteiger partial charge in [0.1, 0.15) is 12.2 Å². The highest BCUT2D eigenvalue weighted by molar-refractivity contribution is 5.97. The Morgan fingerprint density at radius 3 is 2.32 bits per heavy atom. The van der Waals surface area contributed by atoms with Gasteiger partial charge >= 0.3 is 5.97 Å². The summed E-state index contributed by atoms with van der Waals surface area (Å²) in [4.78, 5) is 23.9. The average molecular weight is 336 g/mol.